The number of hydrogen-bond donors (Lipinski definition) is 3. The highest BCUT2D eigenvalue weighted by atomic mass is 32.1. The number of thiophene rings is 1. The van der Waals surface area contributed by atoms with E-state index in [1.165, 1.54) is 0 Å². The molecule has 0 saturated heterocycles. The lowest BCUT2D eigenvalue weighted by Crippen LogP contribution is -2.24. The maximum atomic E-state index is 13.2. The van der Waals surface area contributed by atoms with Crippen LogP contribution in [0.1, 0.15) is 21.2 Å². The largest absolute Gasteiger partial charge is 0.506 e. The first-order valence-corrected chi connectivity index (χ1v) is 11.3. The second-order valence-electron chi connectivity index (χ2n) is 6.78. The zero-order valence-corrected chi connectivity index (χ0v) is 17.3. The highest BCUT2D eigenvalue weighted by Crippen LogP contribution is 2.39. The van der Waals surface area contributed by atoms with Crippen molar-refractivity contribution in [1.29, 1.82) is 0 Å². The Balaban J connectivity index is 1.76. The van der Waals surface area contributed by atoms with Crippen LogP contribution in [0.15, 0.2) is 66.7 Å². The number of aromatic carboxylic acids is 1. The summed E-state index contributed by atoms with van der Waals surface area (Å²) in [7, 11) is -2.67. The van der Waals surface area contributed by atoms with Crippen LogP contribution in [0.5, 0.6) is 0 Å². The number of fused-ring (bicyclic) bond motifs is 2. The lowest BCUT2D eigenvalue weighted by molar-refractivity contribution is -0.117. The van der Waals surface area contributed by atoms with Gasteiger partial charge in [0, 0.05) is 16.0 Å². The number of benzene rings is 3. The van der Waals surface area contributed by atoms with Gasteiger partial charge in [-0.05, 0) is 38.9 Å². The van der Waals surface area contributed by atoms with Crippen molar-refractivity contribution in [1.82, 2.24) is 0 Å². The van der Waals surface area contributed by atoms with Crippen molar-refractivity contribution in [3.05, 3.63) is 77.2 Å². The van der Waals surface area contributed by atoms with Crippen molar-refractivity contribution in [3.63, 3.8) is 0 Å². The topological polar surface area (TPSA) is 104 Å². The molecule has 0 saturated carbocycles. The predicted octanol–water partition coefficient (Wildman–Crippen LogP) is 5.21. The summed E-state index contributed by atoms with van der Waals surface area (Å²) in [5.74, 6) is -2.76. The Kier molecular flexibility index (Phi) is 5.59. The van der Waals surface area contributed by atoms with Crippen molar-refractivity contribution in [3.8, 4) is 0 Å². The Morgan fingerprint density at radius 1 is 1.00 bits per heavy atom. The number of carboxylic acid groups (broad SMARTS) is 1. The molecule has 2 unspecified atom stereocenters. The molecule has 4 rings (SSSR count). The van der Waals surface area contributed by atoms with Crippen LogP contribution in [0.2, 0.25) is 0 Å². The molecule has 6 nitrogen and oxygen atoms in total. The summed E-state index contributed by atoms with van der Waals surface area (Å²) >= 11 is 1.06. The third-order valence-corrected chi connectivity index (χ3v) is 6.70. The van der Waals surface area contributed by atoms with Gasteiger partial charge in [0.1, 0.15) is 10.8 Å². The summed E-state index contributed by atoms with van der Waals surface area (Å²) in [6, 6.07) is 20.2. The zero-order valence-electron chi connectivity index (χ0n) is 15.6. The van der Waals surface area contributed by atoms with Gasteiger partial charge in [0.05, 0.1) is 0 Å². The van der Waals surface area contributed by atoms with Gasteiger partial charge in [-0.3, -0.25) is 4.79 Å². The minimum Gasteiger partial charge on any atom is -0.477 e. The summed E-state index contributed by atoms with van der Waals surface area (Å²) in [6.07, 6.45) is -0.365. The van der Waals surface area contributed by atoms with Crippen LogP contribution < -0.4 is 5.32 Å². The standard InChI is InChI=1S/C22H16NO5PS/c24-21(23-15-10-9-13-5-1-2-6-14(13)11-15)17(12-29(27)28)19-16-7-3-4-8-18(16)30-20(19)22(25)26/h1-11,17H,12H2,(H2-,23,24,25,26,27,28)/p+1. The second kappa shape index (κ2) is 8.32. The smallest absolute Gasteiger partial charge is 0.477 e. The molecule has 4 aromatic rings. The van der Waals surface area contributed by atoms with E-state index in [0.29, 0.717) is 15.8 Å². The van der Waals surface area contributed by atoms with E-state index in [4.69, 9.17) is 0 Å². The fourth-order valence-corrected chi connectivity index (χ4v) is 5.29. The van der Waals surface area contributed by atoms with E-state index in [1.54, 1.807) is 30.3 Å². The fourth-order valence-electron chi connectivity index (χ4n) is 3.53. The molecule has 0 aliphatic rings. The van der Waals surface area contributed by atoms with Gasteiger partial charge in [-0.1, -0.05) is 48.5 Å². The molecule has 0 fully saturated rings. The number of amides is 1. The molecule has 8 heteroatoms. The number of carbonyl (C=O) groups is 2. The van der Waals surface area contributed by atoms with Gasteiger partial charge in [0.25, 0.3) is 0 Å². The van der Waals surface area contributed by atoms with Crippen LogP contribution in [0.4, 0.5) is 5.69 Å². The maximum Gasteiger partial charge on any atom is 0.506 e. The minimum atomic E-state index is -2.67. The molecule has 1 amide bonds. The molecule has 0 aliphatic heterocycles. The van der Waals surface area contributed by atoms with E-state index in [1.807, 2.05) is 36.4 Å². The molecule has 1 heterocycles. The van der Waals surface area contributed by atoms with Crippen LogP contribution in [0.25, 0.3) is 20.9 Å². The van der Waals surface area contributed by atoms with E-state index in [2.05, 4.69) is 5.32 Å². The Hall–Kier alpha value is -3.12. The molecule has 150 valence electrons. The lowest BCUT2D eigenvalue weighted by Gasteiger charge is -2.14. The Morgan fingerprint density at radius 2 is 1.70 bits per heavy atom. The van der Waals surface area contributed by atoms with Gasteiger partial charge >= 0.3 is 14.0 Å². The Morgan fingerprint density at radius 3 is 2.43 bits per heavy atom. The average molecular weight is 438 g/mol. The molecule has 0 aliphatic carbocycles. The van der Waals surface area contributed by atoms with E-state index in [9.17, 15) is 24.2 Å². The third-order valence-electron chi connectivity index (χ3n) is 4.85. The molecule has 1 aromatic heterocycles. The molecular weight excluding hydrogens is 421 g/mol. The second-order valence-corrected chi connectivity index (χ2v) is 8.91. The number of anilines is 1. The minimum absolute atomic E-state index is 0.00621. The van der Waals surface area contributed by atoms with Gasteiger partial charge in [-0.25, -0.2) is 4.79 Å². The molecule has 0 radical (unpaired) electrons. The van der Waals surface area contributed by atoms with Crippen molar-refractivity contribution < 1.29 is 24.2 Å². The van der Waals surface area contributed by atoms with Gasteiger partial charge in [-0.2, -0.15) is 4.89 Å². The maximum absolute atomic E-state index is 13.2. The average Bonchev–Trinajstić information content (AvgIpc) is 3.11. The summed E-state index contributed by atoms with van der Waals surface area (Å²) < 4.78 is 12.4. The summed E-state index contributed by atoms with van der Waals surface area (Å²) in [6.45, 7) is 0. The lowest BCUT2D eigenvalue weighted by atomic mass is 9.96. The number of carboxylic acids is 1. The van der Waals surface area contributed by atoms with Crippen LogP contribution in [0.3, 0.4) is 0 Å². The van der Waals surface area contributed by atoms with Crippen LogP contribution in [-0.2, 0) is 9.36 Å². The Bertz CT molecular complexity index is 1300. The summed E-state index contributed by atoms with van der Waals surface area (Å²) in [5, 5.41) is 15.0. The predicted molar refractivity (Wildman–Crippen MR) is 119 cm³/mol. The number of carbonyl (C=O) groups excluding carboxylic acids is 1. The first kappa shape index (κ1) is 20.2. The molecule has 30 heavy (non-hydrogen) atoms. The van der Waals surface area contributed by atoms with Gasteiger partial charge < -0.3 is 10.4 Å². The first-order valence-electron chi connectivity index (χ1n) is 9.12. The molecule has 0 spiro atoms. The normalized spacial score (nSPS) is 12.6. The van der Waals surface area contributed by atoms with Crippen LogP contribution in [-0.4, -0.2) is 28.0 Å². The third kappa shape index (κ3) is 3.96. The van der Waals surface area contributed by atoms with Gasteiger partial charge in [-0.15, -0.1) is 11.3 Å². The number of nitrogens with one attached hydrogen (secondary N) is 1. The van der Waals surface area contributed by atoms with Gasteiger partial charge in [0.15, 0.2) is 6.16 Å². The van der Waals surface area contributed by atoms with Crippen molar-refractivity contribution in [2.75, 3.05) is 11.5 Å². The Labute approximate surface area is 176 Å². The molecule has 0 bridgehead atoms. The molecule has 3 aromatic carbocycles. The number of hydrogen-bond acceptors (Lipinski definition) is 4. The monoisotopic (exact) mass is 438 g/mol. The van der Waals surface area contributed by atoms with Crippen LogP contribution >= 0.6 is 19.4 Å². The molecule has 2 atom stereocenters. The van der Waals surface area contributed by atoms with Crippen molar-refractivity contribution >= 4 is 57.8 Å². The summed E-state index contributed by atoms with van der Waals surface area (Å²) in [5.41, 5.74) is 0.812. The van der Waals surface area contributed by atoms with E-state index < -0.39 is 25.8 Å². The highest BCUT2D eigenvalue weighted by molar-refractivity contribution is 7.38. The highest BCUT2D eigenvalue weighted by Gasteiger charge is 2.35. The van der Waals surface area contributed by atoms with Crippen molar-refractivity contribution in [2.24, 2.45) is 0 Å². The SMILES string of the molecule is O=C(O)c1sc2ccccc2c1C(C[P+](=O)O)C(=O)Nc1ccc2ccccc2c1. The van der Waals surface area contributed by atoms with E-state index >= 15 is 0 Å². The van der Waals surface area contributed by atoms with E-state index in [0.717, 1.165) is 22.1 Å². The number of rotatable bonds is 6. The molecular formula is C22H17NO5PS+. The van der Waals surface area contributed by atoms with Crippen LogP contribution in [0, 0.1) is 0 Å². The first-order chi connectivity index (χ1) is 14.4. The van der Waals surface area contributed by atoms with Crippen molar-refractivity contribution in [2.45, 2.75) is 5.92 Å². The zero-order chi connectivity index (χ0) is 21.3. The quantitative estimate of drug-likeness (QED) is 0.359. The molecule has 3 N–H and O–H groups in total. The van der Waals surface area contributed by atoms with E-state index in [-0.39, 0.29) is 16.6 Å². The summed E-state index contributed by atoms with van der Waals surface area (Å²) in [4.78, 5) is 34.6. The fraction of sp³-hybridized carbons (Fsp3) is 0.0909. The van der Waals surface area contributed by atoms with Gasteiger partial charge in [0.2, 0.25) is 5.91 Å².